The molecule has 308 valence electrons. The Morgan fingerprint density at radius 1 is 0.793 bits per heavy atom. The first-order valence-corrected chi connectivity index (χ1v) is 21.1. The molecule has 10 heteroatoms. The Kier molecular flexibility index (Phi) is 10.7. The van der Waals surface area contributed by atoms with Crippen LogP contribution in [0.1, 0.15) is 120 Å². The first-order chi connectivity index (χ1) is 27.7. The van der Waals surface area contributed by atoms with Crippen LogP contribution < -0.4 is 4.74 Å². The average Bonchev–Trinajstić information content (AvgIpc) is 3.76. The molecule has 1 heterocycles. The molecule has 58 heavy (non-hydrogen) atoms. The fourth-order valence-electron chi connectivity index (χ4n) is 11.4. The minimum atomic E-state index is -1.14. The summed E-state index contributed by atoms with van der Waals surface area (Å²) in [6.07, 6.45) is 2.52. The number of benzene rings is 3. The minimum Gasteiger partial charge on any atom is -0.497 e. The third-order valence-electron chi connectivity index (χ3n) is 14.4. The Bertz CT molecular complexity index is 2000. The number of hydrogen-bond acceptors (Lipinski definition) is 9. The second-order valence-electron chi connectivity index (χ2n) is 18.7. The lowest BCUT2D eigenvalue weighted by Crippen LogP contribution is -2.59. The summed E-state index contributed by atoms with van der Waals surface area (Å²) in [6.45, 7) is 9.95. The van der Waals surface area contributed by atoms with Crippen LogP contribution in [0.5, 0.6) is 5.75 Å². The molecule has 0 unspecified atom stereocenters. The van der Waals surface area contributed by atoms with Gasteiger partial charge in [-0.1, -0.05) is 74.5 Å². The van der Waals surface area contributed by atoms with Crippen molar-refractivity contribution in [1.82, 2.24) is 4.90 Å². The van der Waals surface area contributed by atoms with Crippen LogP contribution in [0.3, 0.4) is 0 Å². The van der Waals surface area contributed by atoms with Crippen molar-refractivity contribution in [3.8, 4) is 5.75 Å². The fourth-order valence-corrected chi connectivity index (χ4v) is 11.4. The van der Waals surface area contributed by atoms with Crippen molar-refractivity contribution < 1.29 is 42.9 Å². The summed E-state index contributed by atoms with van der Waals surface area (Å²) >= 11 is 0. The van der Waals surface area contributed by atoms with Crippen LogP contribution in [-0.2, 0) is 28.5 Å². The number of carbonyl (C=O) groups is 4. The maximum Gasteiger partial charge on any atom is 0.413 e. The van der Waals surface area contributed by atoms with Crippen LogP contribution in [0, 0.1) is 34.5 Å². The van der Waals surface area contributed by atoms with Gasteiger partial charge >= 0.3 is 18.0 Å². The van der Waals surface area contributed by atoms with Gasteiger partial charge in [-0.25, -0.2) is 14.4 Å². The number of ketones is 1. The molecule has 0 radical (unpaired) electrons. The highest BCUT2D eigenvalue weighted by Gasteiger charge is 2.64. The zero-order chi connectivity index (χ0) is 41.0. The zero-order valence-electron chi connectivity index (χ0n) is 34.6. The van der Waals surface area contributed by atoms with E-state index in [0.29, 0.717) is 48.3 Å². The third kappa shape index (κ3) is 7.30. The van der Waals surface area contributed by atoms with E-state index >= 15 is 0 Å². The van der Waals surface area contributed by atoms with Gasteiger partial charge in [-0.15, -0.1) is 0 Å². The number of carbonyl (C=O) groups excluding carboxylic acids is 4. The normalized spacial score (nSPS) is 34.3. The number of fused-ring (bicyclic) bond motifs is 5. The molecule has 1 saturated heterocycles. The van der Waals surface area contributed by atoms with Gasteiger partial charge in [-0.2, -0.15) is 0 Å². The Balaban J connectivity index is 1.07. The van der Waals surface area contributed by atoms with Gasteiger partial charge in [-0.3, -0.25) is 9.69 Å². The molecule has 3 aromatic carbocycles. The van der Waals surface area contributed by atoms with Crippen LogP contribution in [0.4, 0.5) is 4.79 Å². The predicted octanol–water partition coefficient (Wildman–Crippen LogP) is 9.43. The number of ether oxygens (including phenoxy) is 5. The first kappa shape index (κ1) is 40.1. The number of amides is 1. The molecule has 5 aliphatic rings. The molecule has 4 saturated carbocycles. The summed E-state index contributed by atoms with van der Waals surface area (Å²) in [7, 11) is 1.59. The Labute approximate surface area is 341 Å². The predicted molar refractivity (Wildman–Crippen MR) is 216 cm³/mol. The van der Waals surface area contributed by atoms with E-state index in [9.17, 15) is 19.2 Å². The average molecular weight is 792 g/mol. The molecule has 1 aliphatic heterocycles. The smallest absolute Gasteiger partial charge is 0.413 e. The number of methoxy groups -OCH3 is 1. The van der Waals surface area contributed by atoms with Crippen LogP contribution >= 0.6 is 0 Å². The number of nitrogens with zero attached hydrogens (tertiary/aromatic N) is 1. The molecule has 10 nitrogen and oxygen atoms in total. The summed E-state index contributed by atoms with van der Waals surface area (Å²) < 4.78 is 30.9. The second kappa shape index (κ2) is 15.5. The molecule has 11 atom stereocenters. The highest BCUT2D eigenvalue weighted by molar-refractivity contribution is 5.89. The van der Waals surface area contributed by atoms with Gasteiger partial charge in [0, 0.05) is 23.3 Å². The quantitative estimate of drug-likeness (QED) is 0.170. The van der Waals surface area contributed by atoms with E-state index < -0.39 is 42.1 Å². The van der Waals surface area contributed by atoms with E-state index in [2.05, 4.69) is 13.8 Å². The zero-order valence-corrected chi connectivity index (χ0v) is 34.6. The number of Topliss-reactive ketones (excluding diaryl/α,β-unsaturated/α-hetero) is 1. The van der Waals surface area contributed by atoms with Crippen molar-refractivity contribution >= 4 is 23.8 Å². The second-order valence-corrected chi connectivity index (χ2v) is 18.7. The van der Waals surface area contributed by atoms with Crippen LogP contribution in [-0.4, -0.2) is 59.7 Å². The summed E-state index contributed by atoms with van der Waals surface area (Å²) in [4.78, 5) is 57.2. The van der Waals surface area contributed by atoms with E-state index in [4.69, 9.17) is 23.7 Å². The summed E-state index contributed by atoms with van der Waals surface area (Å²) in [5.41, 5.74) is 0.644. The van der Waals surface area contributed by atoms with Crippen molar-refractivity contribution in [3.05, 3.63) is 102 Å². The monoisotopic (exact) mass is 791 g/mol. The van der Waals surface area contributed by atoms with Crippen LogP contribution in [0.15, 0.2) is 84.9 Å². The van der Waals surface area contributed by atoms with E-state index in [-0.39, 0.29) is 46.6 Å². The molecule has 0 bridgehead atoms. The van der Waals surface area contributed by atoms with Gasteiger partial charge in [0.2, 0.25) is 0 Å². The molecule has 8 rings (SSSR count). The molecule has 0 spiro atoms. The van der Waals surface area contributed by atoms with E-state index in [1.54, 1.807) is 31.4 Å². The molecule has 3 aromatic rings. The standard InChI is InChI=1S/C48H57NO9/c1-46(2,3)58-45(53)49-40(29-13-9-7-10-14-29)41(57-42(49)30-17-19-33(54-6)20-18-30)44(52)55-34-23-25-47(4)32(27-34)28-37(56-43(51)31-15-11-8-12-16-31)39-35-21-22-38(50)48(35,5)26-24-36(39)47/h7-20,32,34-37,39-42H,21-28H2,1-6H3/t32-,34+,35-,36-,37+,39-,40+,41-,42-,47-,48-/m0/s1. The third-order valence-corrected chi connectivity index (χ3v) is 14.4. The maximum absolute atomic E-state index is 14.6. The highest BCUT2D eigenvalue weighted by atomic mass is 16.6. The number of hydrogen-bond donors (Lipinski definition) is 0. The molecule has 0 aromatic heterocycles. The van der Waals surface area contributed by atoms with Crippen molar-refractivity contribution in [2.45, 2.75) is 122 Å². The fraction of sp³-hybridized carbons (Fsp3) is 0.542. The van der Waals surface area contributed by atoms with Gasteiger partial charge in [-0.05, 0) is 119 Å². The largest absolute Gasteiger partial charge is 0.497 e. The lowest BCUT2D eigenvalue weighted by Gasteiger charge is -2.61. The SMILES string of the molecule is COc1ccc([C@@H]2O[C@H](C(=O)O[C@@H]3CC[C@@]4(C)[C@@H](C3)C[C@@H](OC(=O)c3ccccc3)[C@@H]3[C@@H]4CC[C@]4(C)C(=O)CC[C@@H]34)[C@@H](c3ccccc3)N2C(=O)OC(C)(C)C)cc1. The number of rotatable bonds is 7. The van der Waals surface area contributed by atoms with Gasteiger partial charge in [0.05, 0.1) is 12.7 Å². The molecule has 1 amide bonds. The van der Waals surface area contributed by atoms with Crippen molar-refractivity contribution in [1.29, 1.82) is 0 Å². The highest BCUT2D eigenvalue weighted by Crippen LogP contribution is 2.66. The van der Waals surface area contributed by atoms with Gasteiger partial charge in [0.25, 0.3) is 0 Å². The van der Waals surface area contributed by atoms with Crippen LogP contribution in [0.2, 0.25) is 0 Å². The van der Waals surface area contributed by atoms with E-state index in [0.717, 1.165) is 31.2 Å². The maximum atomic E-state index is 14.6. The molecule has 0 N–H and O–H groups in total. The Hall–Kier alpha value is -4.70. The van der Waals surface area contributed by atoms with E-state index in [1.807, 2.05) is 81.4 Å². The van der Waals surface area contributed by atoms with Gasteiger partial charge in [0.1, 0.15) is 35.4 Å². The summed E-state index contributed by atoms with van der Waals surface area (Å²) in [5, 5.41) is 0. The first-order valence-electron chi connectivity index (χ1n) is 21.1. The van der Waals surface area contributed by atoms with Crippen molar-refractivity contribution in [3.63, 3.8) is 0 Å². The minimum absolute atomic E-state index is 0.0698. The van der Waals surface area contributed by atoms with E-state index in [1.165, 1.54) is 4.90 Å². The molecular formula is C48H57NO9. The van der Waals surface area contributed by atoms with Gasteiger partial charge < -0.3 is 23.7 Å². The summed E-state index contributed by atoms with van der Waals surface area (Å²) in [6, 6.07) is 25.0. The Morgan fingerprint density at radius 3 is 2.16 bits per heavy atom. The Morgan fingerprint density at radius 2 is 1.48 bits per heavy atom. The summed E-state index contributed by atoms with van der Waals surface area (Å²) in [5.74, 6) is 0.765. The topological polar surface area (TPSA) is 118 Å². The van der Waals surface area contributed by atoms with Crippen molar-refractivity contribution in [2.75, 3.05) is 7.11 Å². The lowest BCUT2D eigenvalue weighted by atomic mass is 9.44. The molecule has 5 fully saturated rings. The van der Waals surface area contributed by atoms with Crippen molar-refractivity contribution in [2.24, 2.45) is 34.5 Å². The molecular weight excluding hydrogens is 735 g/mol. The lowest BCUT2D eigenvalue weighted by molar-refractivity contribution is -0.185. The van der Waals surface area contributed by atoms with Crippen LogP contribution in [0.25, 0.3) is 0 Å². The van der Waals surface area contributed by atoms with Gasteiger partial charge in [0.15, 0.2) is 12.3 Å². The number of esters is 2. The molecule has 4 aliphatic carbocycles.